The van der Waals surface area contributed by atoms with Gasteiger partial charge in [-0.2, -0.15) is 0 Å². The Bertz CT molecular complexity index is 754. The van der Waals surface area contributed by atoms with Crippen molar-refractivity contribution in [1.82, 2.24) is 15.2 Å². The molecule has 8 heteroatoms. The van der Waals surface area contributed by atoms with E-state index in [2.05, 4.69) is 15.2 Å². The number of hydrogen-bond donors (Lipinski definition) is 1. The van der Waals surface area contributed by atoms with Crippen LogP contribution < -0.4 is 4.74 Å². The van der Waals surface area contributed by atoms with E-state index in [-0.39, 0.29) is 23.9 Å². The van der Waals surface area contributed by atoms with E-state index in [1.54, 1.807) is 6.07 Å². The molecule has 0 radical (unpaired) electrons. The fourth-order valence-electron chi connectivity index (χ4n) is 1.62. The quantitative estimate of drug-likeness (QED) is 0.773. The van der Waals surface area contributed by atoms with Crippen molar-refractivity contribution in [1.29, 1.82) is 0 Å². The molecular formula is C13H9N3O4S. The standard InChI is InChI=1S/C13H9N3O4S/c17-13(18)11-8(3-1-5-14-11)19-7-10-15-16-12(20-10)9-4-2-6-21-9/h1-6H,7H2,(H,17,18). The Morgan fingerprint density at radius 1 is 1.33 bits per heavy atom. The summed E-state index contributed by atoms with van der Waals surface area (Å²) in [6.45, 7) is -0.0235. The zero-order valence-electron chi connectivity index (χ0n) is 10.6. The fraction of sp³-hybridized carbons (Fsp3) is 0.0769. The van der Waals surface area contributed by atoms with Gasteiger partial charge in [0.25, 0.3) is 11.8 Å². The second kappa shape index (κ2) is 5.71. The molecule has 0 saturated carbocycles. The largest absolute Gasteiger partial charge is 0.481 e. The fourth-order valence-corrected chi connectivity index (χ4v) is 2.26. The average Bonchev–Trinajstić information content (AvgIpc) is 3.16. The molecule has 3 aromatic rings. The lowest BCUT2D eigenvalue weighted by atomic mass is 10.3. The van der Waals surface area contributed by atoms with Gasteiger partial charge in [-0.25, -0.2) is 9.78 Å². The van der Waals surface area contributed by atoms with Crippen molar-refractivity contribution >= 4 is 17.3 Å². The first-order valence-electron chi connectivity index (χ1n) is 5.91. The molecule has 0 saturated heterocycles. The lowest BCUT2D eigenvalue weighted by Crippen LogP contribution is -2.05. The summed E-state index contributed by atoms with van der Waals surface area (Å²) < 4.78 is 10.8. The van der Waals surface area contributed by atoms with Gasteiger partial charge in [-0.3, -0.25) is 0 Å². The molecule has 3 heterocycles. The van der Waals surface area contributed by atoms with Crippen LogP contribution in [0.4, 0.5) is 0 Å². The van der Waals surface area contributed by atoms with Crippen LogP contribution in [0.2, 0.25) is 0 Å². The summed E-state index contributed by atoms with van der Waals surface area (Å²) in [5.74, 6) is -0.330. The molecule has 3 aromatic heterocycles. The molecule has 106 valence electrons. The molecule has 0 amide bonds. The molecule has 0 spiro atoms. The van der Waals surface area contributed by atoms with Crippen molar-refractivity contribution < 1.29 is 19.1 Å². The SMILES string of the molecule is O=C(O)c1ncccc1OCc1nnc(-c2cccs2)o1. The summed E-state index contributed by atoms with van der Waals surface area (Å²) in [6, 6.07) is 6.86. The number of nitrogens with zero attached hydrogens (tertiary/aromatic N) is 3. The Balaban J connectivity index is 1.73. The Labute approximate surface area is 122 Å². The number of ether oxygens (including phenoxy) is 1. The van der Waals surface area contributed by atoms with Gasteiger partial charge >= 0.3 is 5.97 Å². The van der Waals surface area contributed by atoms with Crippen molar-refractivity contribution in [2.24, 2.45) is 0 Å². The molecule has 3 rings (SSSR count). The minimum absolute atomic E-state index is 0.0235. The zero-order valence-corrected chi connectivity index (χ0v) is 11.4. The van der Waals surface area contributed by atoms with Crippen LogP contribution >= 0.6 is 11.3 Å². The number of rotatable bonds is 5. The number of carboxylic acid groups (broad SMARTS) is 1. The summed E-state index contributed by atoms with van der Waals surface area (Å²) >= 11 is 1.49. The highest BCUT2D eigenvalue weighted by Gasteiger charge is 2.14. The summed E-state index contributed by atoms with van der Waals surface area (Å²) in [6.07, 6.45) is 1.39. The van der Waals surface area contributed by atoms with Crippen molar-refractivity contribution in [2.45, 2.75) is 6.61 Å². The molecule has 0 bridgehead atoms. The number of carbonyl (C=O) groups is 1. The first-order valence-corrected chi connectivity index (χ1v) is 6.79. The van der Waals surface area contributed by atoms with Crippen molar-refractivity contribution in [2.75, 3.05) is 0 Å². The van der Waals surface area contributed by atoms with E-state index in [1.807, 2.05) is 17.5 Å². The van der Waals surface area contributed by atoms with Gasteiger partial charge in [-0.15, -0.1) is 21.5 Å². The summed E-state index contributed by atoms with van der Waals surface area (Å²) in [4.78, 5) is 15.6. The highest BCUT2D eigenvalue weighted by atomic mass is 32.1. The number of pyridine rings is 1. The third-order valence-corrected chi connectivity index (χ3v) is 3.38. The zero-order chi connectivity index (χ0) is 14.7. The van der Waals surface area contributed by atoms with Crippen molar-refractivity contribution in [3.8, 4) is 16.5 Å². The van der Waals surface area contributed by atoms with Crippen LogP contribution in [0.25, 0.3) is 10.8 Å². The lowest BCUT2D eigenvalue weighted by molar-refractivity contribution is 0.0684. The first-order chi connectivity index (χ1) is 10.2. The Morgan fingerprint density at radius 3 is 3.00 bits per heavy atom. The number of hydrogen-bond acceptors (Lipinski definition) is 7. The molecule has 1 N–H and O–H groups in total. The second-order valence-corrected chi connectivity index (χ2v) is 4.87. The van der Waals surface area contributed by atoms with Gasteiger partial charge in [-0.1, -0.05) is 6.07 Å². The van der Waals surface area contributed by atoms with Gasteiger partial charge in [-0.05, 0) is 23.6 Å². The van der Waals surface area contributed by atoms with Crippen LogP contribution in [0.3, 0.4) is 0 Å². The van der Waals surface area contributed by atoms with Gasteiger partial charge < -0.3 is 14.3 Å². The van der Waals surface area contributed by atoms with Gasteiger partial charge in [0, 0.05) is 6.20 Å². The highest BCUT2D eigenvalue weighted by molar-refractivity contribution is 7.13. The van der Waals surface area contributed by atoms with Crippen LogP contribution in [0.15, 0.2) is 40.3 Å². The molecule has 0 unspecified atom stereocenters. The third-order valence-electron chi connectivity index (χ3n) is 2.52. The van der Waals surface area contributed by atoms with Gasteiger partial charge in [0.2, 0.25) is 0 Å². The number of thiophene rings is 1. The van der Waals surface area contributed by atoms with Gasteiger partial charge in [0.1, 0.15) is 0 Å². The molecule has 0 atom stereocenters. The first kappa shape index (κ1) is 13.3. The van der Waals surface area contributed by atoms with E-state index in [9.17, 15) is 4.79 Å². The monoisotopic (exact) mass is 303 g/mol. The van der Waals surface area contributed by atoms with E-state index in [0.717, 1.165) is 4.88 Å². The smallest absolute Gasteiger partial charge is 0.358 e. The predicted octanol–water partition coefficient (Wildman–Crippen LogP) is 2.47. The van der Waals surface area contributed by atoms with E-state index >= 15 is 0 Å². The molecule has 0 aromatic carbocycles. The maximum Gasteiger partial charge on any atom is 0.358 e. The topological polar surface area (TPSA) is 98.3 Å². The minimum atomic E-state index is -1.16. The van der Waals surface area contributed by atoms with Crippen LogP contribution in [0, 0.1) is 0 Å². The number of aromatic carboxylic acids is 1. The molecular weight excluding hydrogens is 294 g/mol. The molecule has 0 fully saturated rings. The van der Waals surface area contributed by atoms with Gasteiger partial charge in [0.05, 0.1) is 4.88 Å². The van der Waals surface area contributed by atoms with Crippen LogP contribution in [0.1, 0.15) is 16.4 Å². The normalized spacial score (nSPS) is 10.5. The maximum atomic E-state index is 11.0. The molecule has 0 aliphatic rings. The number of carboxylic acids is 1. The predicted molar refractivity (Wildman–Crippen MR) is 73.1 cm³/mol. The maximum absolute atomic E-state index is 11.0. The van der Waals surface area contributed by atoms with E-state index in [4.69, 9.17) is 14.3 Å². The Kier molecular flexibility index (Phi) is 3.61. The average molecular weight is 303 g/mol. The molecule has 0 aliphatic carbocycles. The van der Waals surface area contributed by atoms with Crippen LogP contribution in [-0.4, -0.2) is 26.3 Å². The van der Waals surface area contributed by atoms with E-state index in [0.29, 0.717) is 5.89 Å². The number of aromatic nitrogens is 3. The summed E-state index contributed by atoms with van der Waals surface area (Å²) in [5.41, 5.74) is -0.157. The van der Waals surface area contributed by atoms with Gasteiger partial charge in [0.15, 0.2) is 18.1 Å². The highest BCUT2D eigenvalue weighted by Crippen LogP contribution is 2.23. The minimum Gasteiger partial charge on any atom is -0.481 e. The van der Waals surface area contributed by atoms with Crippen molar-refractivity contribution in [3.63, 3.8) is 0 Å². The summed E-state index contributed by atoms with van der Waals surface area (Å²) in [5, 5.41) is 18.7. The molecule has 0 aliphatic heterocycles. The third kappa shape index (κ3) is 2.90. The molecule has 21 heavy (non-hydrogen) atoms. The molecule has 7 nitrogen and oxygen atoms in total. The lowest BCUT2D eigenvalue weighted by Gasteiger charge is -2.05. The Morgan fingerprint density at radius 2 is 2.24 bits per heavy atom. The van der Waals surface area contributed by atoms with E-state index < -0.39 is 5.97 Å². The second-order valence-electron chi connectivity index (χ2n) is 3.92. The van der Waals surface area contributed by atoms with E-state index in [1.165, 1.54) is 23.6 Å². The van der Waals surface area contributed by atoms with Crippen LogP contribution in [0.5, 0.6) is 5.75 Å². The summed E-state index contributed by atoms with van der Waals surface area (Å²) in [7, 11) is 0. The Hall–Kier alpha value is -2.74. The van der Waals surface area contributed by atoms with Crippen molar-refractivity contribution in [3.05, 3.63) is 47.4 Å². The van der Waals surface area contributed by atoms with Crippen LogP contribution in [-0.2, 0) is 6.61 Å².